The Labute approximate surface area is 133 Å². The van der Waals surface area contributed by atoms with E-state index in [1.54, 1.807) is 0 Å². The Bertz CT molecular complexity index is 521. The van der Waals surface area contributed by atoms with Crippen molar-refractivity contribution >= 4 is 5.97 Å². The molecule has 3 heteroatoms. The van der Waals surface area contributed by atoms with Gasteiger partial charge in [-0.25, -0.2) is 4.79 Å². The zero-order chi connectivity index (χ0) is 16.2. The van der Waals surface area contributed by atoms with Crippen molar-refractivity contribution in [3.05, 3.63) is 48.0 Å². The van der Waals surface area contributed by atoms with E-state index >= 15 is 0 Å². The first-order chi connectivity index (χ1) is 10.5. The summed E-state index contributed by atoms with van der Waals surface area (Å²) in [5.74, 6) is -0.506. The number of aliphatic hydroxyl groups is 1. The van der Waals surface area contributed by atoms with Crippen LogP contribution < -0.4 is 0 Å². The summed E-state index contributed by atoms with van der Waals surface area (Å²) in [7, 11) is 0. The van der Waals surface area contributed by atoms with Crippen LogP contribution in [0, 0.1) is 5.92 Å². The quantitative estimate of drug-likeness (QED) is 0.664. The standard InChI is InChI=1S/C19H26O3/c1-4-5-11-17-12-16(15-9-7-6-8-10-15)13-19(17,21)18(20)22-14(2)3/h5-11,14,16-17,21H,4,12-13H2,1-3H3/b11-5+/t16-,17+,19-/m1/s1. The molecule has 0 heterocycles. The molecular weight excluding hydrogens is 276 g/mol. The number of carbonyl (C=O) groups is 1. The molecule has 1 aliphatic carbocycles. The van der Waals surface area contributed by atoms with Gasteiger partial charge in [0.2, 0.25) is 0 Å². The van der Waals surface area contributed by atoms with Crippen molar-refractivity contribution in [2.24, 2.45) is 5.92 Å². The van der Waals surface area contributed by atoms with Gasteiger partial charge >= 0.3 is 5.97 Å². The minimum Gasteiger partial charge on any atom is -0.461 e. The summed E-state index contributed by atoms with van der Waals surface area (Å²) in [5.41, 5.74) is -0.248. The Morgan fingerprint density at radius 3 is 2.68 bits per heavy atom. The van der Waals surface area contributed by atoms with Crippen LogP contribution in [0.1, 0.15) is 51.5 Å². The van der Waals surface area contributed by atoms with E-state index in [0.717, 1.165) is 12.8 Å². The van der Waals surface area contributed by atoms with Gasteiger partial charge in [0.25, 0.3) is 0 Å². The second-order valence-corrected chi connectivity index (χ2v) is 6.37. The van der Waals surface area contributed by atoms with Gasteiger partial charge in [-0.3, -0.25) is 0 Å². The number of carbonyl (C=O) groups excluding carboxylic acids is 1. The Kier molecular flexibility index (Phi) is 5.41. The number of hydrogen-bond acceptors (Lipinski definition) is 3. The third-order valence-electron chi connectivity index (χ3n) is 4.28. The normalized spacial score (nSPS) is 28.4. The molecule has 3 atom stereocenters. The number of benzene rings is 1. The van der Waals surface area contributed by atoms with Gasteiger partial charge in [-0.1, -0.05) is 49.4 Å². The molecule has 0 amide bonds. The van der Waals surface area contributed by atoms with E-state index in [2.05, 4.69) is 12.1 Å². The average Bonchev–Trinajstić information content (AvgIpc) is 2.84. The summed E-state index contributed by atoms with van der Waals surface area (Å²) < 4.78 is 5.31. The zero-order valence-electron chi connectivity index (χ0n) is 13.7. The number of esters is 1. The second kappa shape index (κ2) is 7.10. The van der Waals surface area contributed by atoms with Crippen LogP contribution >= 0.6 is 0 Å². The van der Waals surface area contributed by atoms with E-state index in [-0.39, 0.29) is 17.9 Å². The minimum absolute atomic E-state index is 0.178. The summed E-state index contributed by atoms with van der Waals surface area (Å²) in [4.78, 5) is 12.4. The molecule has 22 heavy (non-hydrogen) atoms. The van der Waals surface area contributed by atoms with Crippen LogP contribution in [-0.4, -0.2) is 22.8 Å². The summed E-state index contributed by atoms with van der Waals surface area (Å²) in [6.45, 7) is 5.66. The Morgan fingerprint density at radius 1 is 1.41 bits per heavy atom. The van der Waals surface area contributed by atoms with Gasteiger partial charge in [-0.05, 0) is 44.6 Å². The topological polar surface area (TPSA) is 46.5 Å². The molecule has 1 N–H and O–H groups in total. The Hall–Kier alpha value is -1.61. The zero-order valence-corrected chi connectivity index (χ0v) is 13.7. The van der Waals surface area contributed by atoms with Gasteiger partial charge in [-0.2, -0.15) is 0 Å². The molecule has 1 aliphatic rings. The molecule has 3 nitrogen and oxygen atoms in total. The fourth-order valence-electron chi connectivity index (χ4n) is 3.18. The third-order valence-corrected chi connectivity index (χ3v) is 4.28. The molecule has 0 saturated heterocycles. The lowest BCUT2D eigenvalue weighted by molar-refractivity contribution is -0.171. The van der Waals surface area contributed by atoms with Gasteiger partial charge in [0.1, 0.15) is 0 Å². The van der Waals surface area contributed by atoms with Crippen LogP contribution in [0.3, 0.4) is 0 Å². The molecule has 0 bridgehead atoms. The molecule has 120 valence electrons. The van der Waals surface area contributed by atoms with Gasteiger partial charge in [0.15, 0.2) is 5.60 Å². The molecule has 1 aromatic rings. The maximum absolute atomic E-state index is 12.4. The van der Waals surface area contributed by atoms with Crippen molar-refractivity contribution in [1.29, 1.82) is 0 Å². The van der Waals surface area contributed by atoms with Crippen LogP contribution in [-0.2, 0) is 9.53 Å². The predicted octanol–water partition coefficient (Wildman–Crippen LogP) is 3.83. The largest absolute Gasteiger partial charge is 0.461 e. The monoisotopic (exact) mass is 302 g/mol. The van der Waals surface area contributed by atoms with Crippen LogP contribution in [0.15, 0.2) is 42.5 Å². The maximum Gasteiger partial charge on any atom is 0.339 e. The smallest absolute Gasteiger partial charge is 0.339 e. The lowest BCUT2D eigenvalue weighted by Crippen LogP contribution is -2.44. The van der Waals surface area contributed by atoms with Crippen LogP contribution in [0.2, 0.25) is 0 Å². The first-order valence-corrected chi connectivity index (χ1v) is 8.12. The van der Waals surface area contributed by atoms with Gasteiger partial charge in [0, 0.05) is 5.92 Å². The molecule has 1 fully saturated rings. The van der Waals surface area contributed by atoms with Gasteiger partial charge in [-0.15, -0.1) is 0 Å². The number of ether oxygens (including phenoxy) is 1. The first kappa shape index (κ1) is 16.8. The van der Waals surface area contributed by atoms with Crippen molar-refractivity contribution in [3.63, 3.8) is 0 Å². The average molecular weight is 302 g/mol. The number of rotatable bonds is 5. The number of hydrogen-bond donors (Lipinski definition) is 1. The van der Waals surface area contributed by atoms with E-state index in [1.807, 2.05) is 51.1 Å². The van der Waals surface area contributed by atoms with Crippen molar-refractivity contribution < 1.29 is 14.6 Å². The molecule has 0 spiro atoms. The van der Waals surface area contributed by atoms with Crippen LogP contribution in [0.25, 0.3) is 0 Å². The molecule has 1 saturated carbocycles. The van der Waals surface area contributed by atoms with Crippen molar-refractivity contribution in [3.8, 4) is 0 Å². The van der Waals surface area contributed by atoms with Gasteiger partial charge in [0.05, 0.1) is 6.10 Å². The van der Waals surface area contributed by atoms with Crippen molar-refractivity contribution in [2.75, 3.05) is 0 Å². The Morgan fingerprint density at radius 2 is 2.09 bits per heavy atom. The third kappa shape index (κ3) is 3.58. The van der Waals surface area contributed by atoms with Crippen molar-refractivity contribution in [2.45, 2.75) is 57.7 Å². The van der Waals surface area contributed by atoms with Crippen LogP contribution in [0.4, 0.5) is 0 Å². The lowest BCUT2D eigenvalue weighted by atomic mass is 9.90. The van der Waals surface area contributed by atoms with E-state index in [4.69, 9.17) is 4.74 Å². The van der Waals surface area contributed by atoms with E-state index in [0.29, 0.717) is 6.42 Å². The van der Waals surface area contributed by atoms with E-state index in [1.165, 1.54) is 5.56 Å². The van der Waals surface area contributed by atoms with Gasteiger partial charge < -0.3 is 9.84 Å². The highest BCUT2D eigenvalue weighted by Crippen LogP contribution is 2.46. The van der Waals surface area contributed by atoms with E-state index in [9.17, 15) is 9.90 Å². The molecular formula is C19H26O3. The highest BCUT2D eigenvalue weighted by molar-refractivity contribution is 5.81. The first-order valence-electron chi connectivity index (χ1n) is 8.12. The van der Waals surface area contributed by atoms with E-state index < -0.39 is 11.6 Å². The summed E-state index contributed by atoms with van der Waals surface area (Å²) in [6.07, 6.45) is 5.85. The highest BCUT2D eigenvalue weighted by Gasteiger charge is 2.52. The molecule has 1 aromatic carbocycles. The summed E-state index contributed by atoms with van der Waals surface area (Å²) >= 11 is 0. The minimum atomic E-state index is -1.42. The predicted molar refractivity (Wildman–Crippen MR) is 87.5 cm³/mol. The molecule has 0 unspecified atom stereocenters. The number of allylic oxidation sites excluding steroid dienone is 1. The lowest BCUT2D eigenvalue weighted by Gasteiger charge is -2.27. The Balaban J connectivity index is 2.25. The fourth-order valence-corrected chi connectivity index (χ4v) is 3.18. The summed E-state index contributed by atoms with van der Waals surface area (Å²) in [6, 6.07) is 10.1. The molecule has 0 aliphatic heterocycles. The second-order valence-electron chi connectivity index (χ2n) is 6.37. The fraction of sp³-hybridized carbons (Fsp3) is 0.526. The maximum atomic E-state index is 12.4. The molecule has 0 aromatic heterocycles. The summed E-state index contributed by atoms with van der Waals surface area (Å²) in [5, 5.41) is 11.0. The van der Waals surface area contributed by atoms with Crippen LogP contribution in [0.5, 0.6) is 0 Å². The molecule has 2 rings (SSSR count). The molecule has 0 radical (unpaired) electrons. The van der Waals surface area contributed by atoms with Crippen molar-refractivity contribution in [1.82, 2.24) is 0 Å². The SMILES string of the molecule is CC/C=C/[C@H]1C[C@@H](c2ccccc2)C[C@]1(O)C(=O)OC(C)C. The highest BCUT2D eigenvalue weighted by atomic mass is 16.6.